The van der Waals surface area contributed by atoms with Crippen molar-refractivity contribution in [2.45, 2.75) is 19.8 Å². The lowest BCUT2D eigenvalue weighted by molar-refractivity contribution is 1.06. The van der Waals surface area contributed by atoms with Crippen molar-refractivity contribution in [3.8, 4) is 6.07 Å². The van der Waals surface area contributed by atoms with Gasteiger partial charge in [0.15, 0.2) is 0 Å². The topological polar surface area (TPSA) is 61.8 Å². The fraction of sp³-hybridized carbons (Fsp3) is 0.308. The van der Waals surface area contributed by atoms with Gasteiger partial charge in [0.05, 0.1) is 12.5 Å². The van der Waals surface area contributed by atoms with Crippen molar-refractivity contribution >= 4 is 11.4 Å². The third-order valence-electron chi connectivity index (χ3n) is 2.29. The highest BCUT2D eigenvalue weighted by Crippen LogP contribution is 2.18. The lowest BCUT2D eigenvalue weighted by atomic mass is 10.1. The maximum absolute atomic E-state index is 8.65. The molecular weight excluding hydrogens is 198 g/mol. The van der Waals surface area contributed by atoms with Gasteiger partial charge in [0.1, 0.15) is 0 Å². The van der Waals surface area contributed by atoms with Gasteiger partial charge in [-0.05, 0) is 37.1 Å². The second kappa shape index (κ2) is 6.52. The fourth-order valence-electron chi connectivity index (χ4n) is 1.42. The number of nitriles is 1. The maximum atomic E-state index is 8.65. The van der Waals surface area contributed by atoms with Crippen LogP contribution in [0.25, 0.3) is 0 Å². The zero-order chi connectivity index (χ0) is 11.8. The second-order valence-corrected chi connectivity index (χ2v) is 3.53. The Kier molecular flexibility index (Phi) is 4.94. The molecule has 1 rings (SSSR count). The summed E-state index contributed by atoms with van der Waals surface area (Å²) >= 11 is 0. The largest absolute Gasteiger partial charge is 0.398 e. The standard InChI is InChI=1S/C13H17N3/c1-2-3-4-9-16-12-5-6-13(15)11(10-12)7-8-14/h2-3,5-6,10,16H,4,7,9,15H2,1H3/b3-2+. The zero-order valence-corrected chi connectivity index (χ0v) is 9.53. The van der Waals surface area contributed by atoms with Gasteiger partial charge in [0.25, 0.3) is 0 Å². The van der Waals surface area contributed by atoms with E-state index in [1.807, 2.05) is 31.2 Å². The molecule has 0 radical (unpaired) electrons. The molecule has 1 aromatic rings. The summed E-state index contributed by atoms with van der Waals surface area (Å²) in [6.07, 6.45) is 5.50. The molecule has 16 heavy (non-hydrogen) atoms. The van der Waals surface area contributed by atoms with Crippen molar-refractivity contribution in [3.05, 3.63) is 35.9 Å². The van der Waals surface area contributed by atoms with Crippen molar-refractivity contribution in [1.82, 2.24) is 0 Å². The minimum absolute atomic E-state index is 0.357. The molecule has 0 aliphatic carbocycles. The molecule has 3 heteroatoms. The first-order valence-electron chi connectivity index (χ1n) is 5.38. The molecule has 1 aromatic carbocycles. The maximum Gasteiger partial charge on any atom is 0.0670 e. The van der Waals surface area contributed by atoms with E-state index in [0.717, 1.165) is 24.2 Å². The number of rotatable bonds is 5. The Morgan fingerprint density at radius 3 is 3.00 bits per heavy atom. The van der Waals surface area contributed by atoms with E-state index in [0.29, 0.717) is 12.1 Å². The summed E-state index contributed by atoms with van der Waals surface area (Å²) in [6.45, 7) is 2.90. The molecule has 3 N–H and O–H groups in total. The number of hydrogen-bond donors (Lipinski definition) is 2. The molecule has 3 nitrogen and oxygen atoms in total. The minimum atomic E-state index is 0.357. The summed E-state index contributed by atoms with van der Waals surface area (Å²) < 4.78 is 0. The van der Waals surface area contributed by atoms with Gasteiger partial charge in [-0.2, -0.15) is 5.26 Å². The predicted molar refractivity (Wildman–Crippen MR) is 68.1 cm³/mol. The Balaban J connectivity index is 2.60. The summed E-state index contributed by atoms with van der Waals surface area (Å²) in [5.41, 5.74) is 8.35. The van der Waals surface area contributed by atoms with Gasteiger partial charge in [-0.25, -0.2) is 0 Å². The summed E-state index contributed by atoms with van der Waals surface area (Å²) in [7, 11) is 0. The molecule has 0 unspecified atom stereocenters. The molecule has 0 aliphatic heterocycles. The van der Waals surface area contributed by atoms with Crippen molar-refractivity contribution in [3.63, 3.8) is 0 Å². The van der Waals surface area contributed by atoms with Crippen molar-refractivity contribution in [2.75, 3.05) is 17.6 Å². The van der Waals surface area contributed by atoms with Crippen LogP contribution in [-0.4, -0.2) is 6.54 Å². The minimum Gasteiger partial charge on any atom is -0.398 e. The Morgan fingerprint density at radius 2 is 2.31 bits per heavy atom. The molecule has 0 spiro atoms. The Labute approximate surface area is 96.6 Å². The molecule has 84 valence electrons. The average molecular weight is 215 g/mol. The van der Waals surface area contributed by atoms with Gasteiger partial charge in [-0.3, -0.25) is 0 Å². The SMILES string of the molecule is C/C=C/CCNc1ccc(N)c(CC#N)c1. The van der Waals surface area contributed by atoms with Crippen molar-refractivity contribution < 1.29 is 0 Å². The third-order valence-corrected chi connectivity index (χ3v) is 2.29. The number of benzene rings is 1. The molecule has 0 amide bonds. The van der Waals surface area contributed by atoms with Crippen LogP contribution in [0.1, 0.15) is 18.9 Å². The van der Waals surface area contributed by atoms with Crippen LogP contribution in [0.2, 0.25) is 0 Å². The molecule has 0 heterocycles. The lowest BCUT2D eigenvalue weighted by Gasteiger charge is -2.08. The number of nitrogen functional groups attached to an aromatic ring is 1. The van der Waals surface area contributed by atoms with Crippen molar-refractivity contribution in [2.24, 2.45) is 0 Å². The van der Waals surface area contributed by atoms with Crippen LogP contribution in [-0.2, 0) is 6.42 Å². The summed E-state index contributed by atoms with van der Waals surface area (Å²) in [5.74, 6) is 0. The Hall–Kier alpha value is -1.95. The van der Waals surface area contributed by atoms with Gasteiger partial charge >= 0.3 is 0 Å². The fourth-order valence-corrected chi connectivity index (χ4v) is 1.42. The van der Waals surface area contributed by atoms with Gasteiger partial charge in [0, 0.05) is 17.9 Å². The van der Waals surface area contributed by atoms with Crippen LogP contribution in [0.15, 0.2) is 30.4 Å². The molecule has 0 atom stereocenters. The van der Waals surface area contributed by atoms with Crippen LogP contribution in [0.3, 0.4) is 0 Å². The van der Waals surface area contributed by atoms with E-state index >= 15 is 0 Å². The van der Waals surface area contributed by atoms with E-state index in [9.17, 15) is 0 Å². The number of nitrogens with zero attached hydrogens (tertiary/aromatic N) is 1. The van der Waals surface area contributed by atoms with E-state index < -0.39 is 0 Å². The first-order valence-corrected chi connectivity index (χ1v) is 5.38. The molecular formula is C13H17N3. The van der Waals surface area contributed by atoms with E-state index in [1.165, 1.54) is 0 Å². The van der Waals surface area contributed by atoms with E-state index in [1.54, 1.807) is 0 Å². The first kappa shape index (κ1) is 12.1. The van der Waals surface area contributed by atoms with E-state index in [-0.39, 0.29) is 0 Å². The smallest absolute Gasteiger partial charge is 0.0670 e. The van der Waals surface area contributed by atoms with E-state index in [4.69, 9.17) is 11.0 Å². The highest BCUT2D eigenvalue weighted by atomic mass is 14.9. The van der Waals surface area contributed by atoms with Gasteiger partial charge in [0.2, 0.25) is 0 Å². The van der Waals surface area contributed by atoms with Crippen LogP contribution in [0.5, 0.6) is 0 Å². The third kappa shape index (κ3) is 3.66. The zero-order valence-electron chi connectivity index (χ0n) is 9.53. The number of nitrogens with two attached hydrogens (primary N) is 1. The number of nitrogens with one attached hydrogen (secondary N) is 1. The van der Waals surface area contributed by atoms with E-state index in [2.05, 4.69) is 17.5 Å². The number of hydrogen-bond acceptors (Lipinski definition) is 3. The molecule has 0 saturated carbocycles. The molecule has 0 fully saturated rings. The number of anilines is 2. The van der Waals surface area contributed by atoms with Gasteiger partial charge in [-0.1, -0.05) is 12.2 Å². The van der Waals surface area contributed by atoms with Crippen LogP contribution < -0.4 is 11.1 Å². The molecule has 0 bridgehead atoms. The normalized spacial score (nSPS) is 10.2. The predicted octanol–water partition coefficient (Wildman–Crippen LogP) is 2.71. The monoisotopic (exact) mass is 215 g/mol. The Bertz CT molecular complexity index is 402. The highest BCUT2D eigenvalue weighted by molar-refractivity contribution is 5.58. The second-order valence-electron chi connectivity index (χ2n) is 3.53. The van der Waals surface area contributed by atoms with Crippen LogP contribution in [0, 0.1) is 11.3 Å². The van der Waals surface area contributed by atoms with Crippen molar-refractivity contribution in [1.29, 1.82) is 5.26 Å². The summed E-state index contributed by atoms with van der Waals surface area (Å²) in [6, 6.07) is 7.82. The van der Waals surface area contributed by atoms with Crippen LogP contribution in [0.4, 0.5) is 11.4 Å². The quantitative estimate of drug-likeness (QED) is 0.451. The van der Waals surface area contributed by atoms with Crippen LogP contribution >= 0.6 is 0 Å². The summed E-state index contributed by atoms with van der Waals surface area (Å²) in [5, 5.41) is 11.9. The van der Waals surface area contributed by atoms with Gasteiger partial charge < -0.3 is 11.1 Å². The average Bonchev–Trinajstić information content (AvgIpc) is 2.29. The molecule has 0 saturated heterocycles. The molecule has 0 aliphatic rings. The Morgan fingerprint density at radius 1 is 1.50 bits per heavy atom. The summed E-state index contributed by atoms with van der Waals surface area (Å²) in [4.78, 5) is 0. The number of allylic oxidation sites excluding steroid dienone is 1. The molecule has 0 aromatic heterocycles. The van der Waals surface area contributed by atoms with Gasteiger partial charge in [-0.15, -0.1) is 0 Å². The highest BCUT2D eigenvalue weighted by Gasteiger charge is 1.99. The first-order chi connectivity index (χ1) is 7.77. The lowest BCUT2D eigenvalue weighted by Crippen LogP contribution is -2.02.